The zero-order chi connectivity index (χ0) is 12.5. The van der Waals surface area contributed by atoms with Gasteiger partial charge >= 0.3 is 0 Å². The van der Waals surface area contributed by atoms with Gasteiger partial charge in [0.05, 0.1) is 5.25 Å². The average Bonchev–Trinajstić information content (AvgIpc) is 2.30. The van der Waals surface area contributed by atoms with Gasteiger partial charge in [0.1, 0.15) is 0 Å². The zero-order valence-corrected chi connectivity index (χ0v) is 11.7. The van der Waals surface area contributed by atoms with Gasteiger partial charge in [-0.15, -0.1) is 0 Å². The van der Waals surface area contributed by atoms with Crippen molar-refractivity contribution in [3.05, 3.63) is 0 Å². The molecule has 2 fully saturated rings. The largest absolute Gasteiger partial charge is 0.314 e. The first-order valence-corrected chi connectivity index (χ1v) is 8.22. The van der Waals surface area contributed by atoms with Crippen molar-refractivity contribution in [2.24, 2.45) is 0 Å². The van der Waals surface area contributed by atoms with Crippen LogP contribution in [0.15, 0.2) is 0 Å². The molecule has 0 aromatic rings. The SMILES string of the molecule is CC(C)S(=O)(=O)N1CCNCC12CCCCC2. The summed E-state index contributed by atoms with van der Waals surface area (Å²) in [6, 6.07) is 0. The van der Waals surface area contributed by atoms with Crippen LogP contribution in [0.4, 0.5) is 0 Å². The molecule has 0 aromatic carbocycles. The lowest BCUT2D eigenvalue weighted by Gasteiger charge is -2.49. The van der Waals surface area contributed by atoms with E-state index in [-0.39, 0.29) is 10.8 Å². The quantitative estimate of drug-likeness (QED) is 0.815. The molecular weight excluding hydrogens is 236 g/mol. The van der Waals surface area contributed by atoms with Crippen molar-refractivity contribution < 1.29 is 8.42 Å². The summed E-state index contributed by atoms with van der Waals surface area (Å²) in [4.78, 5) is 0. The summed E-state index contributed by atoms with van der Waals surface area (Å²) in [5.41, 5.74) is -0.125. The van der Waals surface area contributed by atoms with Crippen molar-refractivity contribution in [3.8, 4) is 0 Å². The molecule has 1 aliphatic carbocycles. The van der Waals surface area contributed by atoms with Gasteiger partial charge in [0.15, 0.2) is 0 Å². The Morgan fingerprint density at radius 2 is 1.82 bits per heavy atom. The Kier molecular flexibility index (Phi) is 3.80. The van der Waals surface area contributed by atoms with Crippen molar-refractivity contribution >= 4 is 10.0 Å². The topological polar surface area (TPSA) is 49.4 Å². The van der Waals surface area contributed by atoms with Gasteiger partial charge in [0.25, 0.3) is 0 Å². The van der Waals surface area contributed by atoms with Gasteiger partial charge in [0.2, 0.25) is 10.0 Å². The lowest BCUT2D eigenvalue weighted by molar-refractivity contribution is 0.100. The van der Waals surface area contributed by atoms with Crippen LogP contribution < -0.4 is 5.32 Å². The second-order valence-electron chi connectivity index (χ2n) is 5.63. The van der Waals surface area contributed by atoms with Crippen LogP contribution in [0.3, 0.4) is 0 Å². The number of hydrogen-bond donors (Lipinski definition) is 1. The van der Waals surface area contributed by atoms with Crippen molar-refractivity contribution in [2.45, 2.75) is 56.7 Å². The summed E-state index contributed by atoms with van der Waals surface area (Å²) in [7, 11) is -3.11. The molecule has 5 heteroatoms. The first-order valence-electron chi connectivity index (χ1n) is 6.71. The Bertz CT molecular complexity index is 350. The van der Waals surface area contributed by atoms with Crippen molar-refractivity contribution in [3.63, 3.8) is 0 Å². The maximum absolute atomic E-state index is 12.5. The number of nitrogens with one attached hydrogen (secondary N) is 1. The highest BCUT2D eigenvalue weighted by Gasteiger charge is 2.46. The second-order valence-corrected chi connectivity index (χ2v) is 8.04. The predicted octanol–water partition coefficient (Wildman–Crippen LogP) is 1.33. The number of piperazine rings is 1. The monoisotopic (exact) mass is 260 g/mol. The Balaban J connectivity index is 2.29. The van der Waals surface area contributed by atoms with Gasteiger partial charge in [-0.05, 0) is 26.7 Å². The van der Waals surface area contributed by atoms with Crippen LogP contribution in [0, 0.1) is 0 Å². The summed E-state index contributed by atoms with van der Waals surface area (Å²) >= 11 is 0. The minimum absolute atomic E-state index is 0.125. The van der Waals surface area contributed by atoms with Gasteiger partial charge in [-0.25, -0.2) is 8.42 Å². The summed E-state index contributed by atoms with van der Waals surface area (Å²) in [5, 5.41) is 3.07. The van der Waals surface area contributed by atoms with Crippen LogP contribution in [0.2, 0.25) is 0 Å². The normalized spacial score (nSPS) is 26.5. The Morgan fingerprint density at radius 3 is 2.41 bits per heavy atom. The highest BCUT2D eigenvalue weighted by Crippen LogP contribution is 2.37. The van der Waals surface area contributed by atoms with E-state index in [0.29, 0.717) is 6.54 Å². The molecule has 17 heavy (non-hydrogen) atoms. The molecule has 1 aliphatic heterocycles. The summed E-state index contributed by atoms with van der Waals surface area (Å²) < 4.78 is 26.7. The van der Waals surface area contributed by atoms with Crippen molar-refractivity contribution in [1.29, 1.82) is 0 Å². The molecule has 0 radical (unpaired) electrons. The Labute approximate surface area is 105 Å². The van der Waals surface area contributed by atoms with Gasteiger partial charge in [0, 0.05) is 25.2 Å². The average molecular weight is 260 g/mol. The van der Waals surface area contributed by atoms with E-state index in [4.69, 9.17) is 0 Å². The molecule has 0 aromatic heterocycles. The van der Waals surface area contributed by atoms with E-state index in [1.165, 1.54) is 6.42 Å². The maximum atomic E-state index is 12.5. The first-order chi connectivity index (χ1) is 7.99. The highest BCUT2D eigenvalue weighted by atomic mass is 32.2. The summed E-state index contributed by atoms with van der Waals surface area (Å²) in [6.07, 6.45) is 5.60. The number of rotatable bonds is 2. The summed E-state index contributed by atoms with van der Waals surface area (Å²) in [6.45, 7) is 5.83. The Morgan fingerprint density at radius 1 is 1.18 bits per heavy atom. The molecule has 1 saturated heterocycles. The van der Waals surface area contributed by atoms with Gasteiger partial charge in [-0.2, -0.15) is 4.31 Å². The third kappa shape index (κ3) is 2.37. The van der Waals surface area contributed by atoms with Crippen LogP contribution in [0.1, 0.15) is 46.0 Å². The van der Waals surface area contributed by atoms with Gasteiger partial charge in [-0.3, -0.25) is 0 Å². The van der Waals surface area contributed by atoms with E-state index < -0.39 is 10.0 Å². The molecule has 2 rings (SSSR count). The molecular formula is C12H24N2O2S. The van der Waals surface area contributed by atoms with E-state index in [9.17, 15) is 8.42 Å². The van der Waals surface area contributed by atoms with Crippen LogP contribution in [-0.2, 0) is 10.0 Å². The molecule has 1 saturated carbocycles. The summed E-state index contributed by atoms with van der Waals surface area (Å²) in [5.74, 6) is 0. The Hall–Kier alpha value is -0.130. The minimum atomic E-state index is -3.11. The van der Waals surface area contributed by atoms with E-state index in [2.05, 4.69) is 5.32 Å². The predicted molar refractivity (Wildman–Crippen MR) is 69.4 cm³/mol. The molecule has 1 N–H and O–H groups in total. The molecule has 0 atom stereocenters. The maximum Gasteiger partial charge on any atom is 0.217 e. The smallest absolute Gasteiger partial charge is 0.217 e. The van der Waals surface area contributed by atoms with E-state index in [1.807, 2.05) is 4.31 Å². The van der Waals surface area contributed by atoms with Crippen molar-refractivity contribution in [2.75, 3.05) is 19.6 Å². The molecule has 2 aliphatic rings. The molecule has 100 valence electrons. The van der Waals surface area contributed by atoms with E-state index in [0.717, 1.165) is 38.8 Å². The van der Waals surface area contributed by atoms with E-state index in [1.54, 1.807) is 13.8 Å². The lowest BCUT2D eigenvalue weighted by atomic mass is 9.80. The molecule has 4 nitrogen and oxygen atoms in total. The number of nitrogens with zero attached hydrogens (tertiary/aromatic N) is 1. The van der Waals surface area contributed by atoms with Gasteiger partial charge in [-0.1, -0.05) is 19.3 Å². The number of hydrogen-bond acceptors (Lipinski definition) is 3. The first kappa shape index (κ1) is 13.3. The van der Waals surface area contributed by atoms with E-state index >= 15 is 0 Å². The second kappa shape index (κ2) is 4.86. The third-order valence-corrected chi connectivity index (χ3v) is 6.54. The fourth-order valence-corrected chi connectivity index (χ4v) is 4.76. The van der Waals surface area contributed by atoms with Crippen LogP contribution in [-0.4, -0.2) is 43.1 Å². The molecule has 0 bridgehead atoms. The lowest BCUT2D eigenvalue weighted by Crippen LogP contribution is -2.64. The fraction of sp³-hybridized carbons (Fsp3) is 1.00. The molecule has 1 heterocycles. The molecule has 1 spiro atoms. The fourth-order valence-electron chi connectivity index (χ4n) is 3.11. The van der Waals surface area contributed by atoms with Crippen LogP contribution in [0.25, 0.3) is 0 Å². The zero-order valence-electron chi connectivity index (χ0n) is 10.9. The molecule has 0 unspecified atom stereocenters. The standard InChI is InChI=1S/C12H24N2O2S/c1-11(2)17(15,16)14-9-8-13-10-12(14)6-4-3-5-7-12/h11,13H,3-10H2,1-2H3. The number of sulfonamides is 1. The highest BCUT2D eigenvalue weighted by molar-refractivity contribution is 7.89. The minimum Gasteiger partial charge on any atom is -0.314 e. The molecule has 0 amide bonds. The third-order valence-electron chi connectivity index (χ3n) is 4.16. The van der Waals surface area contributed by atoms with Gasteiger partial charge < -0.3 is 5.32 Å². The van der Waals surface area contributed by atoms with Crippen LogP contribution >= 0.6 is 0 Å². The van der Waals surface area contributed by atoms with Crippen molar-refractivity contribution in [1.82, 2.24) is 9.62 Å². The van der Waals surface area contributed by atoms with Crippen LogP contribution in [0.5, 0.6) is 0 Å².